The van der Waals surface area contributed by atoms with Gasteiger partial charge < -0.3 is 9.26 Å². The first-order valence-corrected chi connectivity index (χ1v) is 6.59. The highest BCUT2D eigenvalue weighted by Crippen LogP contribution is 2.15. The summed E-state index contributed by atoms with van der Waals surface area (Å²) in [4.78, 5) is 22.8. The summed E-state index contributed by atoms with van der Waals surface area (Å²) >= 11 is 1.21. The third-order valence-corrected chi connectivity index (χ3v) is 3.12. The second-order valence-electron chi connectivity index (χ2n) is 3.58. The number of esters is 1. The number of aryl methyl sites for hydroxylation is 1. The van der Waals surface area contributed by atoms with Gasteiger partial charge in [0.05, 0.1) is 23.3 Å². The zero-order chi connectivity index (χ0) is 13.5. The lowest BCUT2D eigenvalue weighted by Gasteiger charge is -2.09. The van der Waals surface area contributed by atoms with E-state index in [-0.39, 0.29) is 22.9 Å². The Hall–Kier alpha value is -1.50. The van der Waals surface area contributed by atoms with Crippen LogP contribution in [0.1, 0.15) is 19.5 Å². The van der Waals surface area contributed by atoms with Gasteiger partial charge in [0.1, 0.15) is 0 Å². The molecule has 0 aliphatic carbocycles. The van der Waals surface area contributed by atoms with Crippen LogP contribution in [-0.2, 0) is 14.3 Å². The minimum absolute atomic E-state index is 0.151. The van der Waals surface area contributed by atoms with Crippen molar-refractivity contribution in [3.8, 4) is 0 Å². The Morgan fingerprint density at radius 3 is 2.89 bits per heavy atom. The zero-order valence-corrected chi connectivity index (χ0v) is 11.4. The molecule has 0 radical (unpaired) electrons. The molecular weight excluding hydrogens is 256 g/mol. The summed E-state index contributed by atoms with van der Waals surface area (Å²) in [6.45, 7) is 5.56. The number of rotatable bonds is 6. The Kier molecular flexibility index (Phi) is 5.70. The fourth-order valence-corrected chi connectivity index (χ4v) is 1.80. The van der Waals surface area contributed by atoms with Gasteiger partial charge >= 0.3 is 5.97 Å². The maximum atomic E-state index is 11.7. The molecule has 18 heavy (non-hydrogen) atoms. The quantitative estimate of drug-likeness (QED) is 0.792. The molecule has 0 spiro atoms. The van der Waals surface area contributed by atoms with Crippen molar-refractivity contribution in [3.63, 3.8) is 0 Å². The average Bonchev–Trinajstić information content (AvgIpc) is 2.72. The van der Waals surface area contributed by atoms with Crippen LogP contribution >= 0.6 is 11.8 Å². The van der Waals surface area contributed by atoms with Crippen LogP contribution in [0.3, 0.4) is 0 Å². The van der Waals surface area contributed by atoms with E-state index in [2.05, 4.69) is 10.5 Å². The van der Waals surface area contributed by atoms with Crippen molar-refractivity contribution in [2.24, 2.45) is 0 Å². The van der Waals surface area contributed by atoms with Gasteiger partial charge in [0, 0.05) is 6.07 Å². The molecule has 1 aromatic rings. The number of amides is 1. The molecule has 100 valence electrons. The van der Waals surface area contributed by atoms with E-state index in [0.717, 1.165) is 0 Å². The summed E-state index contributed by atoms with van der Waals surface area (Å²) < 4.78 is 9.64. The highest BCUT2D eigenvalue weighted by atomic mass is 32.2. The zero-order valence-electron chi connectivity index (χ0n) is 10.6. The van der Waals surface area contributed by atoms with Crippen LogP contribution in [0.5, 0.6) is 0 Å². The molecular formula is C11H16N2O4S. The van der Waals surface area contributed by atoms with Crippen molar-refractivity contribution >= 4 is 29.5 Å². The molecule has 1 heterocycles. The third kappa shape index (κ3) is 4.79. The molecule has 7 heteroatoms. The molecule has 6 nitrogen and oxygen atoms in total. The Labute approximate surface area is 109 Å². The third-order valence-electron chi connectivity index (χ3n) is 2.00. The fraction of sp³-hybridized carbons (Fsp3) is 0.545. The van der Waals surface area contributed by atoms with E-state index < -0.39 is 0 Å². The predicted molar refractivity (Wildman–Crippen MR) is 68.4 cm³/mol. The number of hydrogen-bond acceptors (Lipinski definition) is 6. The first-order valence-electron chi connectivity index (χ1n) is 5.54. The topological polar surface area (TPSA) is 81.4 Å². The SMILES string of the molecule is CCOC(=O)CSC(C)C(=O)Nc1cc(C)no1. The average molecular weight is 272 g/mol. The minimum atomic E-state index is -0.375. The van der Waals surface area contributed by atoms with E-state index in [9.17, 15) is 9.59 Å². The summed E-state index contributed by atoms with van der Waals surface area (Å²) in [5, 5.41) is 5.86. The number of nitrogens with one attached hydrogen (secondary N) is 1. The number of aromatic nitrogens is 1. The minimum Gasteiger partial charge on any atom is -0.465 e. The van der Waals surface area contributed by atoms with Crippen LogP contribution in [0.4, 0.5) is 5.88 Å². The van der Waals surface area contributed by atoms with E-state index in [1.54, 1.807) is 26.8 Å². The van der Waals surface area contributed by atoms with Gasteiger partial charge in [0.25, 0.3) is 0 Å². The number of hydrogen-bond donors (Lipinski definition) is 1. The maximum absolute atomic E-state index is 11.7. The second-order valence-corrected chi connectivity index (χ2v) is 4.91. The predicted octanol–water partition coefficient (Wildman–Crippen LogP) is 1.61. The van der Waals surface area contributed by atoms with Gasteiger partial charge in [0.15, 0.2) is 0 Å². The van der Waals surface area contributed by atoms with Gasteiger partial charge in [-0.25, -0.2) is 0 Å². The Bertz CT molecular complexity index is 419. The first kappa shape index (κ1) is 14.6. The smallest absolute Gasteiger partial charge is 0.315 e. The van der Waals surface area contributed by atoms with Crippen molar-refractivity contribution in [2.75, 3.05) is 17.7 Å². The van der Waals surface area contributed by atoms with Gasteiger partial charge in [-0.05, 0) is 20.8 Å². The second kappa shape index (κ2) is 7.05. The molecule has 1 amide bonds. The fourth-order valence-electron chi connectivity index (χ4n) is 1.12. The molecule has 0 aliphatic rings. The van der Waals surface area contributed by atoms with Crippen LogP contribution in [0.15, 0.2) is 10.6 Å². The van der Waals surface area contributed by atoms with Gasteiger partial charge in [-0.2, -0.15) is 0 Å². The van der Waals surface area contributed by atoms with Crippen molar-refractivity contribution < 1.29 is 18.8 Å². The van der Waals surface area contributed by atoms with Crippen LogP contribution in [-0.4, -0.2) is 34.6 Å². The normalized spacial score (nSPS) is 11.9. The lowest BCUT2D eigenvalue weighted by molar-refractivity contribution is -0.139. The molecule has 0 aliphatic heterocycles. The van der Waals surface area contributed by atoms with E-state index in [1.807, 2.05) is 0 Å². The van der Waals surface area contributed by atoms with Crippen molar-refractivity contribution in [2.45, 2.75) is 26.0 Å². The van der Waals surface area contributed by atoms with E-state index in [0.29, 0.717) is 18.2 Å². The largest absolute Gasteiger partial charge is 0.465 e. The van der Waals surface area contributed by atoms with Crippen LogP contribution in [0, 0.1) is 6.92 Å². The molecule has 0 bridgehead atoms. The Morgan fingerprint density at radius 1 is 1.61 bits per heavy atom. The van der Waals surface area contributed by atoms with Crippen molar-refractivity contribution in [1.29, 1.82) is 0 Å². The van der Waals surface area contributed by atoms with E-state index >= 15 is 0 Å². The molecule has 1 aromatic heterocycles. The van der Waals surface area contributed by atoms with E-state index in [4.69, 9.17) is 9.26 Å². The lowest BCUT2D eigenvalue weighted by Crippen LogP contribution is -2.23. The van der Waals surface area contributed by atoms with Gasteiger partial charge in [-0.3, -0.25) is 14.9 Å². The molecule has 0 aromatic carbocycles. The summed E-state index contributed by atoms with van der Waals surface area (Å²) in [5.41, 5.74) is 0.692. The van der Waals surface area contributed by atoms with Crippen LogP contribution in [0.25, 0.3) is 0 Å². The molecule has 0 saturated carbocycles. The summed E-state index contributed by atoms with van der Waals surface area (Å²) in [7, 11) is 0. The van der Waals surface area contributed by atoms with Gasteiger partial charge in [0.2, 0.25) is 11.8 Å². The Balaban J connectivity index is 2.35. The number of thioether (sulfide) groups is 1. The number of nitrogens with zero attached hydrogens (tertiary/aromatic N) is 1. The molecule has 0 fully saturated rings. The van der Waals surface area contributed by atoms with E-state index in [1.165, 1.54) is 11.8 Å². The highest BCUT2D eigenvalue weighted by Gasteiger charge is 2.17. The monoisotopic (exact) mass is 272 g/mol. The van der Waals surface area contributed by atoms with Crippen LogP contribution < -0.4 is 5.32 Å². The summed E-state index contributed by atoms with van der Waals surface area (Å²) in [5.74, 6) is -0.100. The molecule has 1 rings (SSSR count). The molecule has 1 atom stereocenters. The number of anilines is 1. The molecule has 1 unspecified atom stereocenters. The summed E-state index contributed by atoms with van der Waals surface area (Å²) in [6, 6.07) is 1.63. The first-order chi connectivity index (χ1) is 8.52. The number of ether oxygens (including phenoxy) is 1. The highest BCUT2D eigenvalue weighted by molar-refractivity contribution is 8.01. The van der Waals surface area contributed by atoms with Crippen LogP contribution in [0.2, 0.25) is 0 Å². The molecule has 1 N–H and O–H groups in total. The van der Waals surface area contributed by atoms with Gasteiger partial charge in [-0.1, -0.05) is 5.16 Å². The standard InChI is InChI=1S/C11H16N2O4S/c1-4-16-10(14)6-18-8(3)11(15)12-9-5-7(2)13-17-9/h5,8H,4,6H2,1-3H3,(H,12,15). The molecule has 0 saturated heterocycles. The Morgan fingerprint density at radius 2 is 2.33 bits per heavy atom. The maximum Gasteiger partial charge on any atom is 0.315 e. The van der Waals surface area contributed by atoms with Gasteiger partial charge in [-0.15, -0.1) is 11.8 Å². The van der Waals surface area contributed by atoms with Crippen molar-refractivity contribution in [1.82, 2.24) is 5.16 Å². The lowest BCUT2D eigenvalue weighted by atomic mass is 10.4. The van der Waals surface area contributed by atoms with Crippen molar-refractivity contribution in [3.05, 3.63) is 11.8 Å². The number of carbonyl (C=O) groups excluding carboxylic acids is 2. The number of carbonyl (C=O) groups is 2. The summed E-state index contributed by atoms with van der Waals surface area (Å²) in [6.07, 6.45) is 0.